The predicted octanol–water partition coefficient (Wildman–Crippen LogP) is 13.8. The minimum atomic E-state index is 0.430. The van der Waals surface area contributed by atoms with E-state index in [9.17, 15) is 0 Å². The van der Waals surface area contributed by atoms with Gasteiger partial charge in [-0.2, -0.15) is 0 Å². The minimum Gasteiger partial charge on any atom is -0.416 e. The molecule has 0 amide bonds. The van der Waals surface area contributed by atoms with E-state index in [2.05, 4.69) is 90.1 Å². The first-order valence-electron chi connectivity index (χ1n) is 20.8. The Hall–Kier alpha value is -9.02. The number of hydrogen-bond donors (Lipinski definition) is 0. The van der Waals surface area contributed by atoms with Gasteiger partial charge >= 0.3 is 0 Å². The van der Waals surface area contributed by atoms with Crippen LogP contribution in [-0.4, -0.2) is 30.6 Å². The van der Waals surface area contributed by atoms with Crippen molar-refractivity contribution < 1.29 is 13.3 Å². The zero-order chi connectivity index (χ0) is 42.4. The SMILES string of the molecule is c1ccc2c(-c3nnc(-c4ccc(N(c5ccc(-c6nnc(-c7cccc8ccccc78)o6)cc5)c5ccc(-c6nnc(-c7cccc8ccccc78)o6)cc5)cc4)o3)cccc2c1. The Morgan fingerprint density at radius 1 is 0.250 bits per heavy atom. The lowest BCUT2D eigenvalue weighted by Gasteiger charge is -2.25. The third kappa shape index (κ3) is 6.63. The average Bonchev–Trinajstić information content (AvgIpc) is 4.18. The van der Waals surface area contributed by atoms with E-state index in [0.29, 0.717) is 35.3 Å². The second kappa shape index (κ2) is 15.5. The first-order chi connectivity index (χ1) is 31.7. The summed E-state index contributed by atoms with van der Waals surface area (Å²) in [6, 6.07) is 67.0. The maximum Gasteiger partial charge on any atom is 0.248 e. The van der Waals surface area contributed by atoms with E-state index in [1.165, 1.54) is 0 Å². The monoisotopic (exact) mass is 827 g/mol. The van der Waals surface area contributed by atoms with E-state index in [1.807, 2.05) is 146 Å². The van der Waals surface area contributed by atoms with E-state index in [0.717, 1.165) is 82.8 Å². The van der Waals surface area contributed by atoms with Crippen molar-refractivity contribution in [2.45, 2.75) is 0 Å². The number of rotatable bonds is 9. The molecule has 0 saturated carbocycles. The lowest BCUT2D eigenvalue weighted by Crippen LogP contribution is -2.09. The highest BCUT2D eigenvalue weighted by Crippen LogP contribution is 2.39. The van der Waals surface area contributed by atoms with E-state index < -0.39 is 0 Å². The quantitative estimate of drug-likeness (QED) is 0.139. The van der Waals surface area contributed by atoms with Crippen molar-refractivity contribution in [3.63, 3.8) is 0 Å². The van der Waals surface area contributed by atoms with E-state index in [-0.39, 0.29) is 0 Å². The molecule has 0 N–H and O–H groups in total. The summed E-state index contributed by atoms with van der Waals surface area (Å²) in [5.41, 5.74) is 7.78. The average molecular weight is 828 g/mol. The van der Waals surface area contributed by atoms with Crippen LogP contribution in [0.25, 0.3) is 101 Å². The van der Waals surface area contributed by atoms with Gasteiger partial charge in [0.15, 0.2) is 0 Å². The van der Waals surface area contributed by atoms with Crippen molar-refractivity contribution in [1.82, 2.24) is 30.6 Å². The molecule has 10 nitrogen and oxygen atoms in total. The van der Waals surface area contributed by atoms with Crippen molar-refractivity contribution in [2.24, 2.45) is 0 Å². The molecule has 0 atom stereocenters. The van der Waals surface area contributed by atoms with Crippen molar-refractivity contribution in [2.75, 3.05) is 4.90 Å². The van der Waals surface area contributed by atoms with Crippen LogP contribution in [-0.2, 0) is 0 Å². The molecule has 3 aromatic heterocycles. The second-order valence-corrected chi connectivity index (χ2v) is 15.3. The third-order valence-electron chi connectivity index (χ3n) is 11.5. The van der Waals surface area contributed by atoms with Gasteiger partial charge in [-0.05, 0) is 123 Å². The van der Waals surface area contributed by atoms with E-state index in [4.69, 9.17) is 13.3 Å². The van der Waals surface area contributed by atoms with Crippen LogP contribution in [0.15, 0.2) is 213 Å². The molecule has 0 bridgehead atoms. The maximum atomic E-state index is 6.27. The summed E-state index contributed by atoms with van der Waals surface area (Å²) in [7, 11) is 0. The molecule has 302 valence electrons. The first kappa shape index (κ1) is 36.8. The lowest BCUT2D eigenvalue weighted by molar-refractivity contribution is 0.585. The third-order valence-corrected chi connectivity index (χ3v) is 11.5. The second-order valence-electron chi connectivity index (χ2n) is 15.3. The molecule has 0 aliphatic heterocycles. The normalized spacial score (nSPS) is 11.4. The van der Waals surface area contributed by atoms with Gasteiger partial charge in [0.2, 0.25) is 35.3 Å². The molecule has 0 spiro atoms. The lowest BCUT2D eigenvalue weighted by atomic mass is 10.0. The number of nitrogens with zero attached hydrogens (tertiary/aromatic N) is 7. The molecule has 0 unspecified atom stereocenters. The fourth-order valence-electron chi connectivity index (χ4n) is 8.29. The smallest absolute Gasteiger partial charge is 0.248 e. The first-order valence-corrected chi connectivity index (χ1v) is 20.8. The van der Waals surface area contributed by atoms with Crippen LogP contribution in [0.1, 0.15) is 0 Å². The topological polar surface area (TPSA) is 120 Å². The Morgan fingerprint density at radius 2 is 0.516 bits per heavy atom. The molecular formula is C54H33N7O3. The molecule has 9 aromatic carbocycles. The Balaban J connectivity index is 0.875. The number of aromatic nitrogens is 6. The van der Waals surface area contributed by atoms with Crippen LogP contribution in [0, 0.1) is 0 Å². The molecule has 0 fully saturated rings. The Morgan fingerprint density at radius 3 is 0.828 bits per heavy atom. The van der Waals surface area contributed by atoms with Crippen LogP contribution in [0.2, 0.25) is 0 Å². The highest BCUT2D eigenvalue weighted by atomic mass is 16.4. The van der Waals surface area contributed by atoms with Crippen LogP contribution in [0.4, 0.5) is 17.1 Å². The largest absolute Gasteiger partial charge is 0.416 e. The molecule has 10 heteroatoms. The van der Waals surface area contributed by atoms with E-state index in [1.54, 1.807) is 0 Å². The summed E-state index contributed by atoms with van der Waals surface area (Å²) in [4.78, 5) is 2.16. The van der Waals surface area contributed by atoms with Crippen molar-refractivity contribution >= 4 is 49.4 Å². The molecule has 3 heterocycles. The highest BCUT2D eigenvalue weighted by Gasteiger charge is 2.19. The van der Waals surface area contributed by atoms with Crippen molar-refractivity contribution in [3.8, 4) is 68.7 Å². The van der Waals surface area contributed by atoms with Crippen LogP contribution < -0.4 is 4.90 Å². The van der Waals surface area contributed by atoms with Gasteiger partial charge in [0.05, 0.1) is 0 Å². The summed E-state index contributed by atoms with van der Waals surface area (Å²) >= 11 is 0. The van der Waals surface area contributed by atoms with Crippen molar-refractivity contribution in [1.29, 1.82) is 0 Å². The number of hydrogen-bond acceptors (Lipinski definition) is 10. The fraction of sp³-hybridized carbons (Fsp3) is 0. The Kier molecular flexibility index (Phi) is 8.89. The van der Waals surface area contributed by atoms with Gasteiger partial charge in [-0.3, -0.25) is 0 Å². The van der Waals surface area contributed by atoms with Crippen molar-refractivity contribution in [3.05, 3.63) is 200 Å². The van der Waals surface area contributed by atoms with Crippen LogP contribution in [0.3, 0.4) is 0 Å². The summed E-state index contributed by atoms with van der Waals surface area (Å²) in [6.07, 6.45) is 0. The molecule has 12 rings (SSSR count). The molecule has 0 radical (unpaired) electrons. The van der Waals surface area contributed by atoms with Gasteiger partial charge < -0.3 is 18.2 Å². The zero-order valence-electron chi connectivity index (χ0n) is 33.9. The summed E-state index contributed by atoms with van der Waals surface area (Å²) in [6.45, 7) is 0. The van der Waals surface area contributed by atoms with E-state index >= 15 is 0 Å². The summed E-state index contributed by atoms with van der Waals surface area (Å²) in [5, 5.41) is 33.1. The van der Waals surface area contributed by atoms with Gasteiger partial charge in [0.25, 0.3) is 0 Å². The zero-order valence-corrected chi connectivity index (χ0v) is 33.9. The number of benzene rings is 9. The molecular weight excluding hydrogens is 795 g/mol. The van der Waals surface area contributed by atoms with Crippen LogP contribution >= 0.6 is 0 Å². The molecule has 0 aliphatic rings. The minimum absolute atomic E-state index is 0.430. The summed E-state index contributed by atoms with van der Waals surface area (Å²) < 4.78 is 18.8. The maximum absolute atomic E-state index is 6.27. The fourth-order valence-corrected chi connectivity index (χ4v) is 8.29. The molecule has 0 saturated heterocycles. The Labute approximate surface area is 365 Å². The molecule has 0 aliphatic carbocycles. The van der Waals surface area contributed by atoms with Crippen LogP contribution in [0.5, 0.6) is 0 Å². The standard InChI is InChI=1S/C54H33N7O3/c1-4-16-43-34(10-1)13-7-19-46(43)52-58-55-49(62-52)37-22-28-40(29-23-37)61(41-30-24-38(25-31-41)50-56-59-53(63-50)47-20-8-14-35-11-2-5-17-44(35)47)42-32-26-39(27-33-42)51-57-60-54(64-51)48-21-9-15-36-12-3-6-18-45(36)48/h1-33H. The number of anilines is 3. The molecule has 12 aromatic rings. The Bertz CT molecular complexity index is 3230. The van der Waals surface area contributed by atoms with Gasteiger partial charge in [0.1, 0.15) is 0 Å². The van der Waals surface area contributed by atoms with Gasteiger partial charge in [-0.1, -0.05) is 109 Å². The molecule has 64 heavy (non-hydrogen) atoms. The van der Waals surface area contributed by atoms with Gasteiger partial charge in [-0.25, -0.2) is 0 Å². The van der Waals surface area contributed by atoms with Gasteiger partial charge in [-0.15, -0.1) is 30.6 Å². The predicted molar refractivity (Wildman–Crippen MR) is 250 cm³/mol. The summed E-state index contributed by atoms with van der Waals surface area (Å²) in [5.74, 6) is 2.69. The van der Waals surface area contributed by atoms with Gasteiger partial charge in [0, 0.05) is 50.4 Å². The number of fused-ring (bicyclic) bond motifs is 3. The highest BCUT2D eigenvalue weighted by molar-refractivity contribution is 5.96.